The Kier molecular flexibility index (Phi) is 6.04. The van der Waals surface area contributed by atoms with Crippen LogP contribution < -0.4 is 5.06 Å². The zero-order chi connectivity index (χ0) is 22.6. The monoisotopic (exact) mass is 460 g/mol. The largest absolute Gasteiger partial charge is 0.307 e. The van der Waals surface area contributed by atoms with Gasteiger partial charge in [-0.1, -0.05) is 48.0 Å². The van der Waals surface area contributed by atoms with Gasteiger partial charge in [0.05, 0.1) is 23.8 Å². The molecule has 0 amide bonds. The van der Waals surface area contributed by atoms with Gasteiger partial charge in [0.2, 0.25) is 0 Å². The Labute approximate surface area is 201 Å². The first-order chi connectivity index (χ1) is 15.4. The minimum absolute atomic E-state index is 0. The fourth-order valence-electron chi connectivity index (χ4n) is 5.00. The second-order valence-corrected chi connectivity index (χ2v) is 8.87. The molecule has 0 aromatic heterocycles. The van der Waals surface area contributed by atoms with Gasteiger partial charge >= 0.3 is 0 Å². The molecule has 0 saturated carbocycles. The van der Waals surface area contributed by atoms with Crippen molar-refractivity contribution in [1.82, 2.24) is 4.90 Å². The standard InChI is InChI=1S/C27H28N4O.ClH/c1-16-13-18(3)25(19(4)14-16)29-27-20(5)31(32)26-22-8-6-7-17(2)21(22)9-10-23(26)24-11-12-28-15-30(24)27;/h6-15,20,24,32H,1-5H3;1H. The number of anilines is 1. The van der Waals surface area contributed by atoms with E-state index >= 15 is 0 Å². The number of fused-ring (bicyclic) bond motifs is 5. The van der Waals surface area contributed by atoms with Crippen molar-refractivity contribution in [2.75, 3.05) is 5.06 Å². The molecule has 6 heteroatoms. The normalized spacial score (nSPS) is 20.5. The van der Waals surface area contributed by atoms with Crippen molar-refractivity contribution >= 4 is 46.7 Å². The fourth-order valence-corrected chi connectivity index (χ4v) is 5.00. The van der Waals surface area contributed by atoms with Crippen LogP contribution in [0, 0.1) is 27.7 Å². The van der Waals surface area contributed by atoms with Crippen LogP contribution in [0.3, 0.4) is 0 Å². The van der Waals surface area contributed by atoms with Crippen molar-refractivity contribution in [2.24, 2.45) is 9.98 Å². The van der Waals surface area contributed by atoms with Crippen LogP contribution in [-0.2, 0) is 0 Å². The summed E-state index contributed by atoms with van der Waals surface area (Å²) in [5.41, 5.74) is 7.45. The molecule has 0 spiro atoms. The molecule has 3 aromatic carbocycles. The number of nitrogens with zero attached hydrogens (tertiary/aromatic N) is 4. The first kappa shape index (κ1) is 23.0. The minimum atomic E-state index is -0.372. The maximum Gasteiger partial charge on any atom is 0.136 e. The van der Waals surface area contributed by atoms with Crippen molar-refractivity contribution in [1.29, 1.82) is 0 Å². The predicted octanol–water partition coefficient (Wildman–Crippen LogP) is 6.72. The van der Waals surface area contributed by atoms with E-state index in [-0.39, 0.29) is 24.5 Å². The summed E-state index contributed by atoms with van der Waals surface area (Å²) in [5, 5.41) is 15.1. The van der Waals surface area contributed by atoms with E-state index in [1.54, 1.807) is 0 Å². The van der Waals surface area contributed by atoms with Crippen LogP contribution in [0.25, 0.3) is 10.8 Å². The van der Waals surface area contributed by atoms with E-state index in [0.29, 0.717) is 0 Å². The number of benzene rings is 3. The molecule has 170 valence electrons. The highest BCUT2D eigenvalue weighted by Gasteiger charge is 2.36. The van der Waals surface area contributed by atoms with Gasteiger partial charge in [-0.05, 0) is 62.8 Å². The number of aliphatic imine (C=N–C) groups is 2. The summed E-state index contributed by atoms with van der Waals surface area (Å²) >= 11 is 0. The lowest BCUT2D eigenvalue weighted by molar-refractivity contribution is 0.243. The van der Waals surface area contributed by atoms with E-state index in [4.69, 9.17) is 4.99 Å². The number of hydrogen-bond acceptors (Lipinski definition) is 4. The molecule has 2 aliphatic rings. The molecule has 2 heterocycles. The first-order valence-electron chi connectivity index (χ1n) is 11.0. The Bertz CT molecular complexity index is 1300. The summed E-state index contributed by atoms with van der Waals surface area (Å²) in [6.45, 7) is 10.4. The number of rotatable bonds is 1. The summed E-state index contributed by atoms with van der Waals surface area (Å²) in [6, 6.07) is 14.3. The van der Waals surface area contributed by atoms with Gasteiger partial charge < -0.3 is 4.90 Å². The maximum absolute atomic E-state index is 11.5. The van der Waals surface area contributed by atoms with Crippen LogP contribution in [-0.4, -0.2) is 28.3 Å². The summed E-state index contributed by atoms with van der Waals surface area (Å²) < 4.78 is 0. The second kappa shape index (κ2) is 8.65. The summed E-state index contributed by atoms with van der Waals surface area (Å²) in [7, 11) is 0. The van der Waals surface area contributed by atoms with Crippen LogP contribution in [0.15, 0.2) is 64.7 Å². The topological polar surface area (TPSA) is 51.4 Å². The Morgan fingerprint density at radius 3 is 2.39 bits per heavy atom. The third-order valence-corrected chi connectivity index (χ3v) is 6.54. The number of amidine groups is 1. The molecule has 0 aliphatic carbocycles. The van der Waals surface area contributed by atoms with Crippen LogP contribution >= 0.6 is 12.4 Å². The molecule has 2 atom stereocenters. The van der Waals surface area contributed by atoms with Crippen LogP contribution in [0.4, 0.5) is 11.4 Å². The zero-order valence-corrected chi connectivity index (χ0v) is 20.4. The molecular weight excluding hydrogens is 432 g/mol. The van der Waals surface area contributed by atoms with Crippen molar-refractivity contribution in [3.63, 3.8) is 0 Å². The number of aryl methyl sites for hydroxylation is 4. The minimum Gasteiger partial charge on any atom is -0.307 e. The van der Waals surface area contributed by atoms with Crippen molar-refractivity contribution in [2.45, 2.75) is 46.7 Å². The molecule has 0 radical (unpaired) electrons. The molecule has 5 nitrogen and oxygen atoms in total. The van der Waals surface area contributed by atoms with Crippen LogP contribution in [0.5, 0.6) is 0 Å². The zero-order valence-electron chi connectivity index (χ0n) is 19.6. The van der Waals surface area contributed by atoms with E-state index in [1.165, 1.54) is 16.2 Å². The van der Waals surface area contributed by atoms with Gasteiger partial charge in [0.15, 0.2) is 0 Å². The average Bonchev–Trinajstić information content (AvgIpc) is 2.85. The fraction of sp³-hybridized carbons (Fsp3) is 0.259. The highest BCUT2D eigenvalue weighted by atomic mass is 35.5. The molecule has 3 aromatic rings. The third-order valence-electron chi connectivity index (χ3n) is 6.54. The summed E-state index contributed by atoms with van der Waals surface area (Å²) in [5.74, 6) is 0.762. The van der Waals surface area contributed by atoms with Gasteiger partial charge in [0, 0.05) is 17.1 Å². The maximum atomic E-state index is 11.5. The Balaban J connectivity index is 0.00000259. The van der Waals surface area contributed by atoms with E-state index in [0.717, 1.165) is 44.7 Å². The van der Waals surface area contributed by atoms with E-state index in [9.17, 15) is 5.21 Å². The number of hydroxylamine groups is 1. The smallest absolute Gasteiger partial charge is 0.136 e. The molecule has 0 saturated heterocycles. The second-order valence-electron chi connectivity index (χ2n) is 8.87. The highest BCUT2D eigenvalue weighted by Crippen LogP contribution is 2.42. The molecule has 0 bridgehead atoms. The molecular formula is C27H29ClN4O. The molecule has 5 rings (SSSR count). The van der Waals surface area contributed by atoms with Crippen molar-refractivity contribution in [3.8, 4) is 0 Å². The first-order valence-corrected chi connectivity index (χ1v) is 11.0. The van der Waals surface area contributed by atoms with E-state index in [2.05, 4.69) is 80.1 Å². The SMILES string of the molecule is Cc1cc(C)c(N=C2C(C)N(O)c3c(ccc4c(C)cccc34)C3C=CN=CN23)c(C)c1.Cl. The van der Waals surface area contributed by atoms with E-state index in [1.807, 2.05) is 25.5 Å². The summed E-state index contributed by atoms with van der Waals surface area (Å²) in [6.07, 6.45) is 5.71. The third kappa shape index (κ3) is 3.71. The highest BCUT2D eigenvalue weighted by molar-refractivity contribution is 6.05. The van der Waals surface area contributed by atoms with Crippen LogP contribution in [0.2, 0.25) is 0 Å². The Morgan fingerprint density at radius 1 is 0.939 bits per heavy atom. The lowest BCUT2D eigenvalue weighted by Gasteiger charge is -2.31. The van der Waals surface area contributed by atoms with Crippen LogP contribution in [0.1, 0.15) is 40.8 Å². The Hall–Kier alpha value is -3.15. The molecule has 2 unspecified atom stereocenters. The van der Waals surface area contributed by atoms with Crippen molar-refractivity contribution < 1.29 is 5.21 Å². The quantitative estimate of drug-likeness (QED) is 0.438. The molecule has 33 heavy (non-hydrogen) atoms. The Morgan fingerprint density at radius 2 is 1.67 bits per heavy atom. The number of halogens is 1. The van der Waals surface area contributed by atoms with Gasteiger partial charge in [-0.15, -0.1) is 12.4 Å². The van der Waals surface area contributed by atoms with Gasteiger partial charge in [-0.25, -0.2) is 15.0 Å². The molecule has 2 aliphatic heterocycles. The van der Waals surface area contributed by atoms with Gasteiger partial charge in [-0.2, -0.15) is 0 Å². The van der Waals surface area contributed by atoms with Gasteiger partial charge in [0.1, 0.15) is 11.9 Å². The van der Waals surface area contributed by atoms with Gasteiger partial charge in [-0.3, -0.25) is 5.21 Å². The molecule has 0 fully saturated rings. The predicted molar refractivity (Wildman–Crippen MR) is 140 cm³/mol. The average molecular weight is 461 g/mol. The van der Waals surface area contributed by atoms with E-state index < -0.39 is 0 Å². The lowest BCUT2D eigenvalue weighted by Crippen LogP contribution is -2.44. The molecule has 1 N–H and O–H groups in total. The summed E-state index contributed by atoms with van der Waals surface area (Å²) in [4.78, 5) is 11.6. The van der Waals surface area contributed by atoms with Crippen molar-refractivity contribution in [3.05, 3.63) is 82.6 Å². The lowest BCUT2D eigenvalue weighted by atomic mass is 9.96. The number of hydrogen-bond donors (Lipinski definition) is 1. The van der Waals surface area contributed by atoms with Gasteiger partial charge in [0.25, 0.3) is 0 Å².